The topological polar surface area (TPSA) is 61.8 Å². The van der Waals surface area contributed by atoms with Gasteiger partial charge in [-0.15, -0.1) is 24.0 Å². The zero-order chi connectivity index (χ0) is 16.8. The number of aromatic nitrogens is 1. The van der Waals surface area contributed by atoms with Crippen molar-refractivity contribution >= 4 is 35.8 Å². The maximum absolute atomic E-state index is 5.31. The van der Waals surface area contributed by atoms with Crippen LogP contribution in [0.3, 0.4) is 0 Å². The average Bonchev–Trinajstić information content (AvgIpc) is 2.60. The molecule has 0 atom stereocenters. The van der Waals surface area contributed by atoms with E-state index in [4.69, 9.17) is 9.73 Å². The lowest BCUT2D eigenvalue weighted by Crippen LogP contribution is -2.50. The van der Waals surface area contributed by atoms with Crippen molar-refractivity contribution in [1.82, 2.24) is 15.6 Å². The summed E-state index contributed by atoms with van der Waals surface area (Å²) >= 11 is 0. The predicted octanol–water partition coefficient (Wildman–Crippen LogP) is 2.26. The largest absolute Gasteiger partial charge is 0.380 e. The van der Waals surface area contributed by atoms with Gasteiger partial charge in [-0.05, 0) is 31.9 Å². The molecule has 2 aliphatic heterocycles. The molecule has 0 amide bonds. The van der Waals surface area contributed by atoms with Crippen LogP contribution >= 0.6 is 24.0 Å². The van der Waals surface area contributed by atoms with Gasteiger partial charge >= 0.3 is 0 Å². The summed E-state index contributed by atoms with van der Waals surface area (Å²) in [7, 11) is 0. The van der Waals surface area contributed by atoms with Crippen LogP contribution in [0.5, 0.6) is 0 Å². The molecule has 0 aromatic carbocycles. The number of aliphatic imine (C=N–C) groups is 1. The van der Waals surface area contributed by atoms with Crippen molar-refractivity contribution in [3.63, 3.8) is 0 Å². The Hall–Kier alpha value is -1.09. The summed E-state index contributed by atoms with van der Waals surface area (Å²) < 4.78 is 5.31. The van der Waals surface area contributed by atoms with Gasteiger partial charge in [-0.1, -0.05) is 13.0 Å². The molecule has 2 fully saturated rings. The quantitative estimate of drug-likeness (QED) is 0.402. The minimum absolute atomic E-state index is 0. The van der Waals surface area contributed by atoms with Crippen LogP contribution < -0.4 is 15.5 Å². The Bertz CT molecular complexity index is 542. The van der Waals surface area contributed by atoms with Gasteiger partial charge in [0, 0.05) is 37.3 Å². The Morgan fingerprint density at radius 3 is 2.68 bits per heavy atom. The van der Waals surface area contributed by atoms with E-state index < -0.39 is 0 Å². The van der Waals surface area contributed by atoms with Crippen LogP contribution in [0.2, 0.25) is 0 Å². The first-order chi connectivity index (χ1) is 11.7. The number of guanidine groups is 1. The highest BCUT2D eigenvalue weighted by Crippen LogP contribution is 2.26. The number of ether oxygens (including phenoxy) is 1. The molecule has 1 aromatic rings. The molecule has 2 aliphatic rings. The Morgan fingerprint density at radius 1 is 1.36 bits per heavy atom. The molecular weight excluding hydrogens is 429 g/mol. The molecule has 0 aliphatic carbocycles. The summed E-state index contributed by atoms with van der Waals surface area (Å²) in [5.74, 6) is 2.01. The number of hydrogen-bond acceptors (Lipinski definition) is 4. The van der Waals surface area contributed by atoms with Crippen LogP contribution in [0.15, 0.2) is 29.4 Å². The Labute approximate surface area is 167 Å². The number of rotatable bonds is 5. The number of anilines is 1. The van der Waals surface area contributed by atoms with E-state index in [0.717, 1.165) is 64.0 Å². The smallest absolute Gasteiger partial charge is 0.191 e. The molecule has 0 bridgehead atoms. The second kappa shape index (κ2) is 9.56. The van der Waals surface area contributed by atoms with Gasteiger partial charge in [-0.2, -0.15) is 0 Å². The van der Waals surface area contributed by atoms with Gasteiger partial charge < -0.3 is 20.3 Å². The van der Waals surface area contributed by atoms with Crippen LogP contribution in [-0.4, -0.2) is 56.4 Å². The van der Waals surface area contributed by atoms with Gasteiger partial charge in [0.2, 0.25) is 0 Å². The fraction of sp³-hybridized carbons (Fsp3) is 0.667. The number of piperidine rings is 1. The Morgan fingerprint density at radius 2 is 2.12 bits per heavy atom. The highest BCUT2D eigenvalue weighted by molar-refractivity contribution is 14.0. The van der Waals surface area contributed by atoms with Crippen molar-refractivity contribution in [2.45, 2.75) is 32.7 Å². The number of nitrogens with zero attached hydrogens (tertiary/aromatic N) is 3. The lowest BCUT2D eigenvalue weighted by Gasteiger charge is -2.37. The zero-order valence-electron chi connectivity index (χ0n) is 15.2. The molecule has 2 N–H and O–H groups in total. The molecule has 7 heteroatoms. The number of halogens is 1. The van der Waals surface area contributed by atoms with Crippen molar-refractivity contribution in [3.8, 4) is 0 Å². The molecule has 0 unspecified atom stereocenters. The Balaban J connectivity index is 0.00000225. The summed E-state index contributed by atoms with van der Waals surface area (Å²) in [6, 6.07) is 6.56. The molecule has 6 nitrogen and oxygen atoms in total. The van der Waals surface area contributed by atoms with Crippen LogP contribution in [0.1, 0.15) is 26.7 Å². The van der Waals surface area contributed by atoms with E-state index in [2.05, 4.69) is 40.4 Å². The van der Waals surface area contributed by atoms with E-state index in [9.17, 15) is 0 Å². The first kappa shape index (κ1) is 20.2. The van der Waals surface area contributed by atoms with Crippen molar-refractivity contribution < 1.29 is 4.74 Å². The Kier molecular flexibility index (Phi) is 7.74. The molecular formula is C18H30IN5O. The minimum Gasteiger partial charge on any atom is -0.380 e. The van der Waals surface area contributed by atoms with Crippen LogP contribution in [0, 0.1) is 5.41 Å². The third-order valence-electron chi connectivity index (χ3n) is 4.67. The predicted molar refractivity (Wildman–Crippen MR) is 113 cm³/mol. The third-order valence-corrected chi connectivity index (χ3v) is 4.67. The third kappa shape index (κ3) is 5.70. The molecule has 0 radical (unpaired) electrons. The summed E-state index contributed by atoms with van der Waals surface area (Å²) in [4.78, 5) is 11.6. The summed E-state index contributed by atoms with van der Waals surface area (Å²) in [5, 5.41) is 6.97. The fourth-order valence-electron chi connectivity index (χ4n) is 3.12. The molecule has 3 heterocycles. The molecule has 0 spiro atoms. The standard InChI is InChI=1S/C18H29N5O.HI/c1-3-19-17(21-12-18(2)13-24-14-18)22-15-7-10-23(11-8-15)16-6-4-5-9-20-16;/h4-6,9,15H,3,7-8,10-14H2,1-2H3,(H2,19,21,22);1H. The first-order valence-corrected chi connectivity index (χ1v) is 8.97. The lowest BCUT2D eigenvalue weighted by molar-refractivity contribution is -0.0945. The maximum atomic E-state index is 5.31. The summed E-state index contributed by atoms with van der Waals surface area (Å²) in [6.07, 6.45) is 4.06. The molecule has 3 rings (SSSR count). The highest BCUT2D eigenvalue weighted by atomic mass is 127. The van der Waals surface area contributed by atoms with Crippen molar-refractivity contribution in [2.75, 3.05) is 44.3 Å². The van der Waals surface area contributed by atoms with Gasteiger partial charge in [0.1, 0.15) is 5.82 Å². The zero-order valence-corrected chi connectivity index (χ0v) is 17.5. The van der Waals surface area contributed by atoms with Crippen molar-refractivity contribution in [3.05, 3.63) is 24.4 Å². The van der Waals surface area contributed by atoms with Crippen LogP contribution in [0.25, 0.3) is 0 Å². The molecule has 0 saturated carbocycles. The summed E-state index contributed by atoms with van der Waals surface area (Å²) in [5.41, 5.74) is 0.213. The number of pyridine rings is 1. The normalized spacial score (nSPS) is 20.4. The van der Waals surface area contributed by atoms with Crippen molar-refractivity contribution in [1.29, 1.82) is 0 Å². The van der Waals surface area contributed by atoms with Gasteiger partial charge in [-0.3, -0.25) is 4.99 Å². The van der Waals surface area contributed by atoms with Gasteiger partial charge in [-0.25, -0.2) is 4.98 Å². The van der Waals surface area contributed by atoms with Gasteiger partial charge in [0.15, 0.2) is 5.96 Å². The number of hydrogen-bond donors (Lipinski definition) is 2. The molecule has 140 valence electrons. The fourth-order valence-corrected chi connectivity index (χ4v) is 3.12. The molecule has 25 heavy (non-hydrogen) atoms. The van der Waals surface area contributed by atoms with E-state index in [1.165, 1.54) is 0 Å². The summed E-state index contributed by atoms with van der Waals surface area (Å²) in [6.45, 7) is 9.72. The minimum atomic E-state index is 0. The average molecular weight is 459 g/mol. The monoisotopic (exact) mass is 459 g/mol. The van der Waals surface area contributed by atoms with E-state index >= 15 is 0 Å². The van der Waals surface area contributed by atoms with E-state index in [0.29, 0.717) is 6.04 Å². The van der Waals surface area contributed by atoms with Crippen LogP contribution in [0.4, 0.5) is 5.82 Å². The first-order valence-electron chi connectivity index (χ1n) is 8.97. The molecule has 2 saturated heterocycles. The van der Waals surface area contributed by atoms with E-state index in [1.54, 1.807) is 0 Å². The van der Waals surface area contributed by atoms with E-state index in [1.807, 2.05) is 18.3 Å². The maximum Gasteiger partial charge on any atom is 0.191 e. The van der Waals surface area contributed by atoms with E-state index in [-0.39, 0.29) is 29.4 Å². The second-order valence-electron chi connectivity index (χ2n) is 7.09. The highest BCUT2D eigenvalue weighted by Gasteiger charge is 2.33. The molecule has 1 aromatic heterocycles. The van der Waals surface area contributed by atoms with Gasteiger partial charge in [0.25, 0.3) is 0 Å². The SMILES string of the molecule is CCNC(=NCC1(C)COC1)NC1CCN(c2ccccn2)CC1.I. The van der Waals surface area contributed by atoms with Crippen LogP contribution in [-0.2, 0) is 4.74 Å². The lowest BCUT2D eigenvalue weighted by atomic mass is 9.89. The van der Waals surface area contributed by atoms with Gasteiger partial charge in [0.05, 0.1) is 19.8 Å². The number of nitrogens with one attached hydrogen (secondary N) is 2. The second-order valence-corrected chi connectivity index (χ2v) is 7.09. The van der Waals surface area contributed by atoms with Crippen molar-refractivity contribution in [2.24, 2.45) is 10.4 Å².